The highest BCUT2D eigenvalue weighted by Gasteiger charge is 2.31. The van der Waals surface area contributed by atoms with E-state index in [0.717, 1.165) is 16.7 Å². The van der Waals surface area contributed by atoms with Gasteiger partial charge in [0.05, 0.1) is 0 Å². The predicted molar refractivity (Wildman–Crippen MR) is 118 cm³/mol. The van der Waals surface area contributed by atoms with E-state index in [1.165, 1.54) is 0 Å². The Morgan fingerprint density at radius 1 is 0.517 bits per heavy atom. The molecule has 3 aromatic rings. The van der Waals surface area contributed by atoms with E-state index in [9.17, 15) is 14.4 Å². The SMILES string of the molecule is BC(c1ccc(C(C)=O)cc1)(c1ccc(C(C)=O)cc1)c1ccc(C(C)=O)cc1. The van der Waals surface area contributed by atoms with E-state index in [4.69, 9.17) is 0 Å². The summed E-state index contributed by atoms with van der Waals surface area (Å²) in [7, 11) is 2.11. The van der Waals surface area contributed by atoms with Crippen molar-refractivity contribution in [3.63, 3.8) is 0 Å². The van der Waals surface area contributed by atoms with Gasteiger partial charge in [0.2, 0.25) is 0 Å². The quantitative estimate of drug-likeness (QED) is 0.364. The van der Waals surface area contributed by atoms with Gasteiger partial charge in [-0.25, -0.2) is 0 Å². The van der Waals surface area contributed by atoms with Crippen molar-refractivity contribution in [1.82, 2.24) is 0 Å². The van der Waals surface area contributed by atoms with Crippen molar-refractivity contribution in [2.45, 2.75) is 26.1 Å². The smallest absolute Gasteiger partial charge is 0.159 e. The molecule has 0 saturated carbocycles. The third kappa shape index (κ3) is 3.97. The van der Waals surface area contributed by atoms with E-state index in [2.05, 4.69) is 7.85 Å². The lowest BCUT2D eigenvalue weighted by molar-refractivity contribution is 0.100. The maximum atomic E-state index is 11.7. The van der Waals surface area contributed by atoms with Gasteiger partial charge in [-0.05, 0) is 37.5 Å². The molecule has 0 aliphatic rings. The Bertz CT molecular complexity index is 923. The molecule has 0 radical (unpaired) electrons. The molecule has 0 unspecified atom stereocenters. The minimum Gasteiger partial charge on any atom is -0.295 e. The van der Waals surface area contributed by atoms with Crippen molar-refractivity contribution in [2.75, 3.05) is 0 Å². The number of hydrogen-bond acceptors (Lipinski definition) is 3. The first kappa shape index (κ1) is 20.5. The fourth-order valence-corrected chi connectivity index (χ4v) is 3.61. The third-order valence-corrected chi connectivity index (χ3v) is 5.61. The van der Waals surface area contributed by atoms with Gasteiger partial charge in [-0.3, -0.25) is 14.4 Å². The van der Waals surface area contributed by atoms with E-state index >= 15 is 0 Å². The Balaban J connectivity index is 2.18. The lowest BCUT2D eigenvalue weighted by Gasteiger charge is -2.32. The molecule has 4 heteroatoms. The Labute approximate surface area is 172 Å². The van der Waals surface area contributed by atoms with Gasteiger partial charge in [-0.15, -0.1) is 0 Å². The van der Waals surface area contributed by atoms with Crippen LogP contribution in [0.15, 0.2) is 72.8 Å². The molecule has 0 amide bonds. The molecule has 0 saturated heterocycles. The van der Waals surface area contributed by atoms with Crippen LogP contribution in [0.25, 0.3) is 0 Å². The predicted octanol–water partition coefficient (Wildman–Crippen LogP) is 4.22. The number of carbonyl (C=O) groups is 3. The average Bonchev–Trinajstić information content (AvgIpc) is 2.73. The topological polar surface area (TPSA) is 51.2 Å². The molecule has 0 N–H and O–H groups in total. The van der Waals surface area contributed by atoms with Crippen LogP contribution in [0.3, 0.4) is 0 Å². The summed E-state index contributed by atoms with van der Waals surface area (Å²) in [6, 6.07) is 22.8. The molecule has 3 rings (SSSR count). The van der Waals surface area contributed by atoms with Crippen LogP contribution in [0.4, 0.5) is 0 Å². The van der Waals surface area contributed by atoms with Gasteiger partial charge >= 0.3 is 0 Å². The highest BCUT2D eigenvalue weighted by molar-refractivity contribution is 6.21. The number of Topliss-reactive ketones (excluding diaryl/α,β-unsaturated/α-hetero) is 3. The Morgan fingerprint density at radius 2 is 0.724 bits per heavy atom. The molecule has 29 heavy (non-hydrogen) atoms. The fourth-order valence-electron chi connectivity index (χ4n) is 3.61. The average molecular weight is 382 g/mol. The molecule has 144 valence electrons. The summed E-state index contributed by atoms with van der Waals surface area (Å²) in [5.41, 5.74) is 5.05. The molecule has 0 atom stereocenters. The highest BCUT2D eigenvalue weighted by atomic mass is 16.1. The summed E-state index contributed by atoms with van der Waals surface area (Å²) in [5.74, 6) is 0.0691. The second kappa shape index (κ2) is 8.00. The molecule has 0 heterocycles. The minimum absolute atomic E-state index is 0.0230. The van der Waals surface area contributed by atoms with E-state index in [-0.39, 0.29) is 17.3 Å². The van der Waals surface area contributed by atoms with Gasteiger partial charge in [-0.2, -0.15) is 0 Å². The molecule has 3 nitrogen and oxygen atoms in total. The molecular formula is C25H23BO3. The summed E-state index contributed by atoms with van der Waals surface area (Å²) in [6.07, 6.45) is 0. The van der Waals surface area contributed by atoms with Crippen molar-refractivity contribution in [3.8, 4) is 0 Å². The Kier molecular flexibility index (Phi) is 5.65. The summed E-state index contributed by atoms with van der Waals surface area (Å²) >= 11 is 0. The third-order valence-electron chi connectivity index (χ3n) is 5.61. The van der Waals surface area contributed by atoms with Crippen LogP contribution < -0.4 is 0 Å². The van der Waals surface area contributed by atoms with Crippen LogP contribution in [-0.4, -0.2) is 25.2 Å². The highest BCUT2D eigenvalue weighted by Crippen LogP contribution is 2.36. The normalized spacial score (nSPS) is 11.1. The first-order chi connectivity index (χ1) is 13.7. The van der Waals surface area contributed by atoms with Crippen molar-refractivity contribution in [3.05, 3.63) is 106 Å². The van der Waals surface area contributed by atoms with E-state index in [0.29, 0.717) is 16.7 Å². The maximum absolute atomic E-state index is 11.7. The molecule has 0 aromatic heterocycles. The number of hydrogen-bond donors (Lipinski definition) is 0. The molecule has 0 fully saturated rings. The second-order valence-corrected chi connectivity index (χ2v) is 7.53. The number of ketones is 3. The van der Waals surface area contributed by atoms with E-state index < -0.39 is 5.31 Å². The first-order valence-electron chi connectivity index (χ1n) is 9.58. The minimum atomic E-state index is -0.514. The fraction of sp³-hybridized carbons (Fsp3) is 0.160. The molecule has 0 bridgehead atoms. The van der Waals surface area contributed by atoms with Crippen LogP contribution in [-0.2, 0) is 5.31 Å². The number of benzene rings is 3. The largest absolute Gasteiger partial charge is 0.295 e. The zero-order chi connectivity index (χ0) is 21.2. The van der Waals surface area contributed by atoms with Crippen LogP contribution in [0, 0.1) is 0 Å². The maximum Gasteiger partial charge on any atom is 0.159 e. The molecule has 3 aromatic carbocycles. The Morgan fingerprint density at radius 3 is 0.897 bits per heavy atom. The van der Waals surface area contributed by atoms with E-state index in [1.54, 1.807) is 20.8 Å². The van der Waals surface area contributed by atoms with Crippen molar-refractivity contribution in [1.29, 1.82) is 0 Å². The second-order valence-electron chi connectivity index (χ2n) is 7.53. The zero-order valence-electron chi connectivity index (χ0n) is 17.2. The number of carbonyl (C=O) groups excluding carboxylic acids is 3. The summed E-state index contributed by atoms with van der Waals surface area (Å²) in [6.45, 7) is 4.65. The molecule has 0 aliphatic heterocycles. The van der Waals surface area contributed by atoms with Gasteiger partial charge in [0.15, 0.2) is 17.3 Å². The molecule has 0 aliphatic carbocycles. The molecular weight excluding hydrogens is 359 g/mol. The van der Waals surface area contributed by atoms with Gasteiger partial charge < -0.3 is 0 Å². The van der Waals surface area contributed by atoms with Gasteiger partial charge in [-0.1, -0.05) is 72.8 Å². The van der Waals surface area contributed by atoms with Crippen LogP contribution >= 0.6 is 0 Å². The van der Waals surface area contributed by atoms with Crippen LogP contribution in [0.5, 0.6) is 0 Å². The van der Waals surface area contributed by atoms with Crippen molar-refractivity contribution < 1.29 is 14.4 Å². The van der Waals surface area contributed by atoms with Gasteiger partial charge in [0.25, 0.3) is 0 Å². The lowest BCUT2D eigenvalue weighted by Crippen LogP contribution is -2.30. The van der Waals surface area contributed by atoms with E-state index in [1.807, 2.05) is 72.8 Å². The summed E-state index contributed by atoms with van der Waals surface area (Å²) in [5, 5.41) is -0.514. The number of rotatable bonds is 6. The van der Waals surface area contributed by atoms with Crippen molar-refractivity contribution >= 4 is 25.2 Å². The standard InChI is InChI=1S/C25H23BO3/c1-16(27)19-4-10-22(11-5-19)25(26,23-12-6-20(7-13-23)17(2)28)24-14-8-21(9-15-24)18(3)29/h4-15H,26H2,1-3H3. The van der Waals surface area contributed by atoms with Crippen LogP contribution in [0.1, 0.15) is 68.5 Å². The van der Waals surface area contributed by atoms with Gasteiger partial charge in [0, 0.05) is 22.0 Å². The monoisotopic (exact) mass is 382 g/mol. The lowest BCUT2D eigenvalue weighted by atomic mass is 9.56. The summed E-state index contributed by atoms with van der Waals surface area (Å²) in [4.78, 5) is 35.1. The Hall–Kier alpha value is -3.27. The molecule has 0 spiro atoms. The van der Waals surface area contributed by atoms with Gasteiger partial charge in [0.1, 0.15) is 7.85 Å². The van der Waals surface area contributed by atoms with Crippen molar-refractivity contribution in [2.24, 2.45) is 0 Å². The zero-order valence-corrected chi connectivity index (χ0v) is 17.2. The first-order valence-corrected chi connectivity index (χ1v) is 9.58. The summed E-state index contributed by atoms with van der Waals surface area (Å²) < 4.78 is 0. The van der Waals surface area contributed by atoms with Crippen LogP contribution in [0.2, 0.25) is 0 Å².